The van der Waals surface area contributed by atoms with Crippen molar-refractivity contribution in [3.63, 3.8) is 0 Å². The Bertz CT molecular complexity index is 988. The number of rotatable bonds is 4. The van der Waals surface area contributed by atoms with E-state index in [0.717, 1.165) is 12.1 Å². The van der Waals surface area contributed by atoms with Crippen LogP contribution in [0.5, 0.6) is 0 Å². The first-order valence-electron chi connectivity index (χ1n) is 7.54. The Morgan fingerprint density at radius 1 is 1.15 bits per heavy atom. The van der Waals surface area contributed by atoms with Gasteiger partial charge in [-0.25, -0.2) is 9.67 Å². The van der Waals surface area contributed by atoms with Gasteiger partial charge in [-0.1, -0.05) is 35.3 Å². The van der Waals surface area contributed by atoms with E-state index in [2.05, 4.69) is 15.4 Å². The van der Waals surface area contributed by atoms with Crippen LogP contribution in [0.25, 0.3) is 0 Å². The minimum atomic E-state index is -4.42. The van der Waals surface area contributed by atoms with Crippen LogP contribution in [0.3, 0.4) is 0 Å². The number of amides is 1. The van der Waals surface area contributed by atoms with Gasteiger partial charge in [0.25, 0.3) is 5.91 Å². The van der Waals surface area contributed by atoms with Crippen LogP contribution in [0.4, 0.5) is 19.1 Å². The van der Waals surface area contributed by atoms with Gasteiger partial charge in [-0.3, -0.25) is 10.1 Å². The molecule has 0 saturated carbocycles. The molecule has 0 aliphatic carbocycles. The number of hydrogen-bond acceptors (Lipinski definition) is 3. The molecule has 0 fully saturated rings. The van der Waals surface area contributed by atoms with Crippen LogP contribution >= 0.6 is 23.2 Å². The first-order valence-corrected chi connectivity index (χ1v) is 8.30. The molecule has 0 saturated heterocycles. The maximum absolute atomic E-state index is 12.8. The zero-order valence-electron chi connectivity index (χ0n) is 13.5. The van der Waals surface area contributed by atoms with Gasteiger partial charge in [0.05, 0.1) is 22.7 Å². The molecule has 2 aromatic carbocycles. The van der Waals surface area contributed by atoms with Crippen LogP contribution < -0.4 is 5.32 Å². The van der Waals surface area contributed by atoms with E-state index in [1.54, 1.807) is 6.07 Å². The van der Waals surface area contributed by atoms with Crippen molar-refractivity contribution in [2.75, 3.05) is 5.32 Å². The number of nitrogens with one attached hydrogen (secondary N) is 1. The number of benzene rings is 2. The highest BCUT2D eigenvalue weighted by Gasteiger charge is 2.30. The highest BCUT2D eigenvalue weighted by atomic mass is 35.5. The van der Waals surface area contributed by atoms with E-state index < -0.39 is 17.6 Å². The van der Waals surface area contributed by atoms with Gasteiger partial charge in [0.2, 0.25) is 5.95 Å². The second-order valence-corrected chi connectivity index (χ2v) is 6.39. The lowest BCUT2D eigenvalue weighted by atomic mass is 10.1. The van der Waals surface area contributed by atoms with Crippen LogP contribution in [0.15, 0.2) is 48.8 Å². The smallest absolute Gasteiger partial charge is 0.289 e. The number of hydrogen-bond donors (Lipinski definition) is 1. The molecule has 0 aliphatic rings. The molecule has 0 radical (unpaired) electrons. The zero-order chi connectivity index (χ0) is 19.6. The normalized spacial score (nSPS) is 11.4. The number of anilines is 1. The summed E-state index contributed by atoms with van der Waals surface area (Å²) >= 11 is 11.8. The molecular weight excluding hydrogens is 404 g/mol. The molecular formula is C17H11Cl2F3N4O. The van der Waals surface area contributed by atoms with Gasteiger partial charge in [0, 0.05) is 5.02 Å². The third-order valence-electron chi connectivity index (χ3n) is 3.54. The maximum Gasteiger partial charge on any atom is 0.416 e. The molecule has 0 aliphatic heterocycles. The third kappa shape index (κ3) is 4.78. The summed E-state index contributed by atoms with van der Waals surface area (Å²) in [6.45, 7) is 0.0640. The van der Waals surface area contributed by atoms with Crippen molar-refractivity contribution in [3.8, 4) is 0 Å². The van der Waals surface area contributed by atoms with Crippen LogP contribution in [-0.4, -0.2) is 20.7 Å². The first kappa shape index (κ1) is 19.2. The van der Waals surface area contributed by atoms with Crippen molar-refractivity contribution >= 4 is 35.1 Å². The van der Waals surface area contributed by atoms with E-state index in [0.29, 0.717) is 10.6 Å². The Labute approximate surface area is 161 Å². The third-order valence-corrected chi connectivity index (χ3v) is 4.08. The largest absolute Gasteiger partial charge is 0.416 e. The molecule has 10 heteroatoms. The summed E-state index contributed by atoms with van der Waals surface area (Å²) in [6, 6.07) is 9.29. The summed E-state index contributed by atoms with van der Waals surface area (Å²) < 4.78 is 39.6. The quantitative estimate of drug-likeness (QED) is 0.659. The molecule has 0 atom stereocenters. The highest BCUT2D eigenvalue weighted by Crippen LogP contribution is 2.29. The monoisotopic (exact) mass is 414 g/mol. The van der Waals surface area contributed by atoms with Gasteiger partial charge in [-0.05, 0) is 35.9 Å². The summed E-state index contributed by atoms with van der Waals surface area (Å²) in [4.78, 5) is 16.1. The van der Waals surface area contributed by atoms with E-state index in [4.69, 9.17) is 23.2 Å². The van der Waals surface area contributed by atoms with E-state index in [9.17, 15) is 18.0 Å². The van der Waals surface area contributed by atoms with Crippen molar-refractivity contribution in [1.82, 2.24) is 14.8 Å². The maximum atomic E-state index is 12.8. The van der Waals surface area contributed by atoms with E-state index in [1.807, 2.05) is 0 Å². The molecule has 0 bridgehead atoms. The molecule has 0 unspecified atom stereocenters. The Kier molecular flexibility index (Phi) is 5.38. The zero-order valence-corrected chi connectivity index (χ0v) is 15.0. The lowest BCUT2D eigenvalue weighted by Gasteiger charge is -2.08. The number of halogens is 5. The Morgan fingerprint density at radius 3 is 2.63 bits per heavy atom. The standard InChI is InChI=1S/C17H11Cl2F3N4O/c18-12-4-5-13(14(19)7-12)15(27)24-16-23-9-26(25-16)8-10-2-1-3-11(6-10)17(20,21)22/h1-7,9H,8H2,(H,24,25,27). The molecule has 3 rings (SSSR count). The molecule has 1 N–H and O–H groups in total. The lowest BCUT2D eigenvalue weighted by Crippen LogP contribution is -2.14. The SMILES string of the molecule is O=C(Nc1ncn(Cc2cccc(C(F)(F)F)c2)n1)c1ccc(Cl)cc1Cl. The van der Waals surface area contributed by atoms with E-state index in [1.165, 1.54) is 35.3 Å². The second-order valence-electron chi connectivity index (χ2n) is 5.54. The van der Waals surface area contributed by atoms with Crippen molar-refractivity contribution < 1.29 is 18.0 Å². The average Bonchev–Trinajstić information content (AvgIpc) is 3.01. The van der Waals surface area contributed by atoms with Gasteiger partial charge >= 0.3 is 6.18 Å². The minimum absolute atomic E-state index is 0.00186. The predicted octanol–water partition coefficient (Wildman–Crippen LogP) is 4.90. The van der Waals surface area contributed by atoms with Crippen LogP contribution in [0.1, 0.15) is 21.5 Å². The predicted molar refractivity (Wildman–Crippen MR) is 95.0 cm³/mol. The van der Waals surface area contributed by atoms with Crippen LogP contribution in [-0.2, 0) is 12.7 Å². The fraction of sp³-hybridized carbons (Fsp3) is 0.118. The summed E-state index contributed by atoms with van der Waals surface area (Å²) in [5.74, 6) is -0.536. The van der Waals surface area contributed by atoms with Crippen molar-refractivity contribution in [3.05, 3.63) is 75.5 Å². The molecule has 27 heavy (non-hydrogen) atoms. The number of aromatic nitrogens is 3. The Balaban J connectivity index is 1.71. The second kappa shape index (κ2) is 7.58. The van der Waals surface area contributed by atoms with Gasteiger partial charge in [0.1, 0.15) is 6.33 Å². The van der Waals surface area contributed by atoms with E-state index in [-0.39, 0.29) is 23.1 Å². The van der Waals surface area contributed by atoms with Crippen molar-refractivity contribution in [1.29, 1.82) is 0 Å². The fourth-order valence-corrected chi connectivity index (χ4v) is 2.80. The summed E-state index contributed by atoms with van der Waals surface area (Å²) in [5, 5.41) is 7.06. The topological polar surface area (TPSA) is 59.8 Å². The van der Waals surface area contributed by atoms with Crippen molar-refractivity contribution in [2.45, 2.75) is 12.7 Å². The molecule has 3 aromatic rings. The molecule has 140 valence electrons. The molecule has 5 nitrogen and oxygen atoms in total. The van der Waals surface area contributed by atoms with Crippen LogP contribution in [0, 0.1) is 0 Å². The summed E-state index contributed by atoms with van der Waals surface area (Å²) in [7, 11) is 0. The van der Waals surface area contributed by atoms with Crippen molar-refractivity contribution in [2.24, 2.45) is 0 Å². The minimum Gasteiger partial charge on any atom is -0.289 e. The number of carbonyl (C=O) groups excluding carboxylic acids is 1. The Hall–Kier alpha value is -2.58. The van der Waals surface area contributed by atoms with Gasteiger partial charge < -0.3 is 0 Å². The molecule has 1 heterocycles. The van der Waals surface area contributed by atoms with E-state index >= 15 is 0 Å². The summed E-state index contributed by atoms with van der Waals surface area (Å²) in [5.41, 5.74) is -0.158. The number of nitrogens with zero attached hydrogens (tertiary/aromatic N) is 3. The van der Waals surface area contributed by atoms with Gasteiger partial charge in [0.15, 0.2) is 0 Å². The molecule has 0 spiro atoms. The average molecular weight is 415 g/mol. The highest BCUT2D eigenvalue weighted by molar-refractivity contribution is 6.37. The molecule has 1 aromatic heterocycles. The fourth-order valence-electron chi connectivity index (χ4n) is 2.30. The Morgan fingerprint density at radius 2 is 1.93 bits per heavy atom. The first-order chi connectivity index (χ1) is 12.7. The molecule has 1 amide bonds. The van der Waals surface area contributed by atoms with Gasteiger partial charge in [-0.2, -0.15) is 13.2 Å². The van der Waals surface area contributed by atoms with Crippen LogP contribution in [0.2, 0.25) is 10.0 Å². The summed E-state index contributed by atoms with van der Waals surface area (Å²) in [6.07, 6.45) is -3.12. The van der Waals surface area contributed by atoms with Gasteiger partial charge in [-0.15, -0.1) is 5.10 Å². The number of alkyl halides is 3. The number of carbonyl (C=O) groups is 1. The lowest BCUT2D eigenvalue weighted by molar-refractivity contribution is -0.137.